The van der Waals surface area contributed by atoms with Gasteiger partial charge in [0.2, 0.25) is 11.8 Å². The first-order valence-electron chi connectivity index (χ1n) is 8.41. The van der Waals surface area contributed by atoms with E-state index in [0.717, 1.165) is 5.56 Å². The van der Waals surface area contributed by atoms with Crippen molar-refractivity contribution < 1.29 is 19.1 Å². The minimum absolute atomic E-state index is 0.325. The fraction of sp³-hybridized carbons (Fsp3) is 0.300. The Morgan fingerprint density at radius 3 is 2.08 bits per heavy atom. The van der Waals surface area contributed by atoms with Crippen molar-refractivity contribution in [3.05, 3.63) is 48.0 Å². The van der Waals surface area contributed by atoms with E-state index in [1.54, 1.807) is 31.4 Å². The molecule has 0 aliphatic heterocycles. The maximum atomic E-state index is 12.8. The number of hydrogen-bond donors (Lipinski definition) is 2. The molecule has 0 spiro atoms. The van der Waals surface area contributed by atoms with E-state index in [1.807, 2.05) is 25.1 Å². The lowest BCUT2D eigenvalue weighted by Gasteiger charge is -2.18. The Morgan fingerprint density at radius 1 is 0.885 bits per heavy atom. The van der Waals surface area contributed by atoms with Crippen molar-refractivity contribution in [2.75, 3.05) is 24.9 Å². The number of nitrogens with one attached hydrogen (secondary N) is 2. The van der Waals surface area contributed by atoms with Gasteiger partial charge >= 0.3 is 0 Å². The van der Waals surface area contributed by atoms with Crippen molar-refractivity contribution in [3.8, 4) is 11.5 Å². The first-order chi connectivity index (χ1) is 12.5. The number of amides is 2. The van der Waals surface area contributed by atoms with Crippen LogP contribution in [-0.4, -0.2) is 26.0 Å². The number of hydrogen-bond acceptors (Lipinski definition) is 4. The molecule has 0 bridgehead atoms. The lowest BCUT2D eigenvalue weighted by atomic mass is 10.0. The van der Waals surface area contributed by atoms with Gasteiger partial charge in [0.25, 0.3) is 0 Å². The predicted octanol–water partition coefficient (Wildman–Crippen LogP) is 3.37. The van der Waals surface area contributed by atoms with E-state index in [4.69, 9.17) is 9.47 Å². The van der Waals surface area contributed by atoms with Gasteiger partial charge in [-0.25, -0.2) is 0 Å². The average Bonchev–Trinajstić information content (AvgIpc) is 3.44. The van der Waals surface area contributed by atoms with Crippen LogP contribution in [0, 0.1) is 12.3 Å². The molecule has 6 nitrogen and oxygen atoms in total. The maximum absolute atomic E-state index is 12.8. The van der Waals surface area contributed by atoms with Crippen molar-refractivity contribution in [3.63, 3.8) is 0 Å². The van der Waals surface area contributed by atoms with Crippen molar-refractivity contribution in [2.45, 2.75) is 19.8 Å². The molecule has 3 rings (SSSR count). The summed E-state index contributed by atoms with van der Waals surface area (Å²) in [6, 6.07) is 12.6. The summed E-state index contributed by atoms with van der Waals surface area (Å²) in [5, 5.41) is 5.66. The number of rotatable bonds is 6. The molecular weight excluding hydrogens is 332 g/mol. The third-order valence-corrected chi connectivity index (χ3v) is 4.58. The number of benzene rings is 2. The van der Waals surface area contributed by atoms with Crippen molar-refractivity contribution >= 4 is 23.2 Å². The minimum atomic E-state index is -1.06. The van der Waals surface area contributed by atoms with E-state index in [1.165, 1.54) is 7.11 Å². The maximum Gasteiger partial charge on any atom is 0.240 e. The van der Waals surface area contributed by atoms with E-state index >= 15 is 0 Å². The number of anilines is 2. The quantitative estimate of drug-likeness (QED) is 0.780. The fourth-order valence-electron chi connectivity index (χ4n) is 2.83. The summed E-state index contributed by atoms with van der Waals surface area (Å²) in [4.78, 5) is 25.6. The highest BCUT2D eigenvalue weighted by Gasteiger charge is 2.56. The lowest BCUT2D eigenvalue weighted by molar-refractivity contribution is -0.131. The topological polar surface area (TPSA) is 76.7 Å². The lowest BCUT2D eigenvalue weighted by Crippen LogP contribution is -2.35. The molecule has 0 unspecified atom stereocenters. The normalized spacial score (nSPS) is 14.3. The first-order valence-corrected chi connectivity index (χ1v) is 8.41. The second kappa shape index (κ2) is 7.07. The Bertz CT molecular complexity index is 843. The molecule has 1 aliphatic carbocycles. The van der Waals surface area contributed by atoms with Gasteiger partial charge in [0.05, 0.1) is 25.6 Å². The Morgan fingerprint density at radius 2 is 1.46 bits per heavy atom. The minimum Gasteiger partial charge on any atom is -0.495 e. The fourth-order valence-corrected chi connectivity index (χ4v) is 2.83. The standard InChI is InChI=1S/C20H22N2O4/c1-13-8-9-17(26-3)15(12-13)22-19(24)20(10-11-20)18(23)21-14-6-4-5-7-16(14)25-2/h4-9,12H,10-11H2,1-3H3,(H,21,23)(H,22,24). The Kier molecular flexibility index (Phi) is 4.84. The molecule has 2 N–H and O–H groups in total. The summed E-state index contributed by atoms with van der Waals surface area (Å²) < 4.78 is 10.5. The van der Waals surface area contributed by atoms with Crippen LogP contribution in [0.15, 0.2) is 42.5 Å². The molecule has 0 aromatic heterocycles. The van der Waals surface area contributed by atoms with Crippen LogP contribution in [-0.2, 0) is 9.59 Å². The van der Waals surface area contributed by atoms with E-state index in [2.05, 4.69) is 10.6 Å². The van der Waals surface area contributed by atoms with Gasteiger partial charge in [-0.05, 0) is 49.6 Å². The number of methoxy groups -OCH3 is 2. The van der Waals surface area contributed by atoms with Gasteiger partial charge in [-0.2, -0.15) is 0 Å². The van der Waals surface area contributed by atoms with Gasteiger partial charge < -0.3 is 20.1 Å². The molecule has 0 radical (unpaired) electrons. The number of aryl methyl sites for hydroxylation is 1. The van der Waals surface area contributed by atoms with Crippen LogP contribution in [0.3, 0.4) is 0 Å². The van der Waals surface area contributed by atoms with Crippen LogP contribution < -0.4 is 20.1 Å². The zero-order chi connectivity index (χ0) is 18.7. The summed E-state index contributed by atoms with van der Waals surface area (Å²) in [6.45, 7) is 1.93. The Balaban J connectivity index is 1.77. The summed E-state index contributed by atoms with van der Waals surface area (Å²) in [6.07, 6.45) is 1.02. The van der Waals surface area contributed by atoms with Crippen molar-refractivity contribution in [1.29, 1.82) is 0 Å². The molecule has 2 amide bonds. The zero-order valence-corrected chi connectivity index (χ0v) is 15.1. The SMILES string of the molecule is COc1ccccc1NC(=O)C1(C(=O)Nc2cc(C)ccc2OC)CC1. The van der Waals surface area contributed by atoms with Gasteiger partial charge in [-0.15, -0.1) is 0 Å². The van der Waals surface area contributed by atoms with E-state index < -0.39 is 5.41 Å². The third kappa shape index (κ3) is 3.35. The Labute approximate surface area is 152 Å². The summed E-state index contributed by atoms with van der Waals surface area (Å²) in [7, 11) is 3.08. The highest BCUT2D eigenvalue weighted by Crippen LogP contribution is 2.48. The Hall–Kier alpha value is -3.02. The first kappa shape index (κ1) is 17.8. The average molecular weight is 354 g/mol. The molecule has 2 aromatic carbocycles. The van der Waals surface area contributed by atoms with E-state index in [9.17, 15) is 9.59 Å². The van der Waals surface area contributed by atoms with Crippen LogP contribution >= 0.6 is 0 Å². The second-order valence-corrected chi connectivity index (χ2v) is 6.39. The molecule has 0 atom stereocenters. The molecule has 1 aliphatic rings. The summed E-state index contributed by atoms with van der Waals surface area (Å²) in [5.41, 5.74) is 1.04. The van der Waals surface area contributed by atoms with Gasteiger partial charge in [0.1, 0.15) is 16.9 Å². The van der Waals surface area contributed by atoms with Crippen molar-refractivity contribution in [2.24, 2.45) is 5.41 Å². The summed E-state index contributed by atoms with van der Waals surface area (Å²) in [5.74, 6) is 0.460. The molecule has 6 heteroatoms. The van der Waals surface area contributed by atoms with Crippen LogP contribution in [0.4, 0.5) is 11.4 Å². The third-order valence-electron chi connectivity index (χ3n) is 4.58. The second-order valence-electron chi connectivity index (χ2n) is 6.39. The van der Waals surface area contributed by atoms with Crippen LogP contribution in [0.25, 0.3) is 0 Å². The highest BCUT2D eigenvalue weighted by atomic mass is 16.5. The van der Waals surface area contributed by atoms with Gasteiger partial charge in [0, 0.05) is 0 Å². The summed E-state index contributed by atoms with van der Waals surface area (Å²) >= 11 is 0. The van der Waals surface area contributed by atoms with E-state index in [0.29, 0.717) is 35.7 Å². The number of para-hydroxylation sites is 2. The largest absolute Gasteiger partial charge is 0.495 e. The zero-order valence-electron chi connectivity index (χ0n) is 15.1. The number of carbonyl (C=O) groups excluding carboxylic acids is 2. The van der Waals surface area contributed by atoms with Crippen LogP contribution in [0.2, 0.25) is 0 Å². The van der Waals surface area contributed by atoms with Crippen LogP contribution in [0.1, 0.15) is 18.4 Å². The molecule has 1 fully saturated rings. The molecule has 1 saturated carbocycles. The number of ether oxygens (including phenoxy) is 2. The van der Waals surface area contributed by atoms with Gasteiger partial charge in [-0.3, -0.25) is 9.59 Å². The molecule has 0 saturated heterocycles. The van der Waals surface area contributed by atoms with E-state index in [-0.39, 0.29) is 11.8 Å². The molecule has 2 aromatic rings. The number of carbonyl (C=O) groups is 2. The van der Waals surface area contributed by atoms with Gasteiger partial charge in [0.15, 0.2) is 0 Å². The molecule has 26 heavy (non-hydrogen) atoms. The smallest absolute Gasteiger partial charge is 0.240 e. The van der Waals surface area contributed by atoms with Crippen molar-refractivity contribution in [1.82, 2.24) is 0 Å². The monoisotopic (exact) mass is 354 g/mol. The van der Waals surface area contributed by atoms with Gasteiger partial charge in [-0.1, -0.05) is 18.2 Å². The van der Waals surface area contributed by atoms with Crippen LogP contribution in [0.5, 0.6) is 11.5 Å². The molecular formula is C20H22N2O4. The molecule has 136 valence electrons. The predicted molar refractivity (Wildman–Crippen MR) is 99.7 cm³/mol. The molecule has 0 heterocycles. The highest BCUT2D eigenvalue weighted by molar-refractivity contribution is 6.17.